The maximum Gasteiger partial charge on any atom is 0.303 e. The Morgan fingerprint density at radius 1 is 0.944 bits per heavy atom. The molecule has 0 bridgehead atoms. The van der Waals surface area contributed by atoms with Crippen LogP contribution in [0.25, 0.3) is 0 Å². The lowest BCUT2D eigenvalue weighted by Crippen LogP contribution is -2.23. The average Bonchev–Trinajstić information content (AvgIpc) is 2.87. The van der Waals surface area contributed by atoms with Crippen molar-refractivity contribution < 1.29 is 9.90 Å². The first kappa shape index (κ1) is 30.6. The molecule has 0 aliphatic heterocycles. The van der Waals surface area contributed by atoms with E-state index in [0.717, 1.165) is 37.5 Å². The molecule has 0 radical (unpaired) electrons. The lowest BCUT2D eigenvalue weighted by atomic mass is 9.78. The van der Waals surface area contributed by atoms with E-state index in [9.17, 15) is 9.90 Å². The minimum absolute atomic E-state index is 0.197. The summed E-state index contributed by atoms with van der Waals surface area (Å²) in [5, 5.41) is 9.64. The second-order valence-corrected chi connectivity index (χ2v) is 11.9. The molecule has 0 aromatic heterocycles. The average molecular weight is 498 g/mol. The van der Waals surface area contributed by atoms with Crippen LogP contribution < -0.4 is 5.73 Å². The second-order valence-electron chi connectivity index (χ2n) is 11.9. The Hall–Kier alpha value is -1.61. The number of benzene rings is 1. The van der Waals surface area contributed by atoms with Crippen molar-refractivity contribution >= 4 is 5.97 Å². The molecular weight excluding hydrogens is 442 g/mol. The molecule has 0 heterocycles. The predicted octanol–water partition coefficient (Wildman–Crippen LogP) is 8.81. The van der Waals surface area contributed by atoms with Crippen molar-refractivity contribution in [1.29, 1.82) is 0 Å². The van der Waals surface area contributed by atoms with Crippen LogP contribution in [0.5, 0.6) is 0 Å². The third-order valence-corrected chi connectivity index (χ3v) is 8.49. The molecular formula is C33H55NO2. The Kier molecular flexibility index (Phi) is 15.8. The summed E-state index contributed by atoms with van der Waals surface area (Å²) in [6.07, 6.45) is 23.7. The Morgan fingerprint density at radius 2 is 1.67 bits per heavy atom. The highest BCUT2D eigenvalue weighted by atomic mass is 16.4. The van der Waals surface area contributed by atoms with Gasteiger partial charge in [0.15, 0.2) is 0 Å². The third kappa shape index (κ3) is 13.6. The predicted molar refractivity (Wildman–Crippen MR) is 154 cm³/mol. The van der Waals surface area contributed by atoms with Gasteiger partial charge >= 0.3 is 5.97 Å². The molecule has 204 valence electrons. The zero-order valence-corrected chi connectivity index (χ0v) is 23.4. The van der Waals surface area contributed by atoms with Crippen LogP contribution in [0.15, 0.2) is 42.5 Å². The molecule has 1 aromatic rings. The van der Waals surface area contributed by atoms with Crippen LogP contribution in [0.2, 0.25) is 0 Å². The molecule has 36 heavy (non-hydrogen) atoms. The van der Waals surface area contributed by atoms with Crippen LogP contribution >= 0.6 is 0 Å². The maximum absolute atomic E-state index is 11.7. The molecule has 1 aliphatic carbocycles. The van der Waals surface area contributed by atoms with Crippen LogP contribution in [0.4, 0.5) is 0 Å². The largest absolute Gasteiger partial charge is 0.481 e. The number of carboxylic acids is 1. The summed E-state index contributed by atoms with van der Waals surface area (Å²) in [6.45, 7) is 5.28. The van der Waals surface area contributed by atoms with Gasteiger partial charge in [0.2, 0.25) is 0 Å². The van der Waals surface area contributed by atoms with E-state index in [0.29, 0.717) is 18.4 Å². The van der Waals surface area contributed by atoms with Gasteiger partial charge in [0.25, 0.3) is 0 Å². The topological polar surface area (TPSA) is 63.3 Å². The molecule has 0 spiro atoms. The normalized spacial score (nSPS) is 17.4. The van der Waals surface area contributed by atoms with Crippen molar-refractivity contribution in [2.24, 2.45) is 35.3 Å². The van der Waals surface area contributed by atoms with Crippen molar-refractivity contribution in [2.45, 2.75) is 117 Å². The Balaban J connectivity index is 1.91. The Morgan fingerprint density at radius 3 is 2.33 bits per heavy atom. The van der Waals surface area contributed by atoms with Gasteiger partial charge in [0.1, 0.15) is 0 Å². The standard InChI is InChI=1S/C33H55NO2/c1-27(2)18-19-30(17-11-4-8-14-28-12-6-3-7-13-28)20-22-31(24-25-34)32(26-33(35)36)23-21-29-15-9-5-10-16-29/h4-5,9-11,15-16,27-28,30-32H,3,6-8,12-14,17-26,34H2,1-2H3,(H,35,36)/t30-,31-,32-/m1/s1. The van der Waals surface area contributed by atoms with E-state index in [1.165, 1.54) is 76.2 Å². The van der Waals surface area contributed by atoms with Crippen molar-refractivity contribution in [3.63, 3.8) is 0 Å². The van der Waals surface area contributed by atoms with E-state index in [-0.39, 0.29) is 12.3 Å². The van der Waals surface area contributed by atoms with Crippen molar-refractivity contribution in [1.82, 2.24) is 0 Å². The van der Waals surface area contributed by atoms with E-state index < -0.39 is 5.97 Å². The summed E-state index contributed by atoms with van der Waals surface area (Å²) in [7, 11) is 0. The molecule has 3 N–H and O–H groups in total. The monoisotopic (exact) mass is 497 g/mol. The fourth-order valence-corrected chi connectivity index (χ4v) is 6.17. The zero-order chi connectivity index (χ0) is 26.0. The summed E-state index contributed by atoms with van der Waals surface area (Å²) in [4.78, 5) is 11.7. The highest BCUT2D eigenvalue weighted by Crippen LogP contribution is 2.32. The molecule has 3 nitrogen and oxygen atoms in total. The van der Waals surface area contributed by atoms with Crippen LogP contribution in [0.3, 0.4) is 0 Å². The van der Waals surface area contributed by atoms with Crippen LogP contribution in [0, 0.1) is 29.6 Å². The Labute approximate surface area is 222 Å². The van der Waals surface area contributed by atoms with Gasteiger partial charge in [-0.15, -0.1) is 0 Å². The van der Waals surface area contributed by atoms with Crippen LogP contribution in [0.1, 0.15) is 116 Å². The number of carboxylic acid groups (broad SMARTS) is 1. The Bertz CT molecular complexity index is 708. The van der Waals surface area contributed by atoms with Gasteiger partial charge in [-0.25, -0.2) is 0 Å². The maximum atomic E-state index is 11.7. The van der Waals surface area contributed by atoms with Crippen molar-refractivity contribution in [2.75, 3.05) is 6.54 Å². The molecule has 0 amide bonds. The number of aryl methyl sites for hydroxylation is 1. The van der Waals surface area contributed by atoms with Crippen molar-refractivity contribution in [3.8, 4) is 0 Å². The second kappa shape index (κ2) is 18.6. The van der Waals surface area contributed by atoms with Gasteiger partial charge in [-0.3, -0.25) is 4.79 Å². The third-order valence-electron chi connectivity index (χ3n) is 8.49. The van der Waals surface area contributed by atoms with E-state index in [1.54, 1.807) is 0 Å². The number of nitrogens with two attached hydrogens (primary N) is 1. The molecule has 0 saturated heterocycles. The van der Waals surface area contributed by atoms with Gasteiger partial charge in [0.05, 0.1) is 0 Å². The molecule has 1 aliphatic rings. The number of allylic oxidation sites excluding steroid dienone is 2. The fraction of sp³-hybridized carbons (Fsp3) is 0.727. The smallest absolute Gasteiger partial charge is 0.303 e. The molecule has 2 rings (SSSR count). The first-order chi connectivity index (χ1) is 17.5. The number of carbonyl (C=O) groups is 1. The summed E-state index contributed by atoms with van der Waals surface area (Å²) in [6, 6.07) is 10.5. The first-order valence-corrected chi connectivity index (χ1v) is 15.1. The quantitative estimate of drug-likeness (QED) is 0.188. The van der Waals surface area contributed by atoms with E-state index in [1.807, 2.05) is 6.07 Å². The van der Waals surface area contributed by atoms with Gasteiger partial charge < -0.3 is 10.8 Å². The molecule has 1 saturated carbocycles. The van der Waals surface area contributed by atoms with Gasteiger partial charge in [0, 0.05) is 6.42 Å². The minimum Gasteiger partial charge on any atom is -0.481 e. The first-order valence-electron chi connectivity index (χ1n) is 15.1. The lowest BCUT2D eigenvalue weighted by molar-refractivity contribution is -0.138. The molecule has 3 atom stereocenters. The van der Waals surface area contributed by atoms with E-state index >= 15 is 0 Å². The van der Waals surface area contributed by atoms with Gasteiger partial charge in [-0.1, -0.05) is 94.9 Å². The summed E-state index contributed by atoms with van der Waals surface area (Å²) in [5.74, 6) is 2.30. The number of hydrogen-bond donors (Lipinski definition) is 2. The molecule has 1 aromatic carbocycles. The SMILES string of the molecule is CC(C)CC[C@@H](CC=CCCC1CCCCC1)CC[C@H](CCN)[C@H](CCc1ccccc1)CC(=O)O. The fourth-order valence-electron chi connectivity index (χ4n) is 6.17. The van der Waals surface area contributed by atoms with Crippen molar-refractivity contribution in [3.05, 3.63) is 48.0 Å². The minimum atomic E-state index is -0.674. The molecule has 1 fully saturated rings. The zero-order valence-electron chi connectivity index (χ0n) is 23.4. The number of hydrogen-bond acceptors (Lipinski definition) is 2. The highest BCUT2D eigenvalue weighted by molar-refractivity contribution is 5.67. The molecule has 0 unspecified atom stereocenters. The van der Waals surface area contributed by atoms with Gasteiger partial charge in [-0.05, 0) is 99.5 Å². The number of rotatable bonds is 19. The molecule has 3 heteroatoms. The van der Waals surface area contributed by atoms with E-state index in [2.05, 4.69) is 50.3 Å². The summed E-state index contributed by atoms with van der Waals surface area (Å²) < 4.78 is 0. The number of aliphatic carboxylic acids is 1. The highest BCUT2D eigenvalue weighted by Gasteiger charge is 2.24. The van der Waals surface area contributed by atoms with Gasteiger partial charge in [-0.2, -0.15) is 0 Å². The lowest BCUT2D eigenvalue weighted by Gasteiger charge is -2.28. The summed E-state index contributed by atoms with van der Waals surface area (Å²) in [5.41, 5.74) is 7.33. The van der Waals surface area contributed by atoms with E-state index in [4.69, 9.17) is 5.73 Å². The van der Waals surface area contributed by atoms with Crippen LogP contribution in [-0.2, 0) is 11.2 Å². The van der Waals surface area contributed by atoms with Crippen LogP contribution in [-0.4, -0.2) is 17.6 Å². The summed E-state index contributed by atoms with van der Waals surface area (Å²) >= 11 is 0.